The second-order valence-electron chi connectivity index (χ2n) is 4.44. The molecule has 0 spiro atoms. The van der Waals surface area contributed by atoms with E-state index in [1.54, 1.807) is 0 Å². The Morgan fingerprint density at radius 1 is 1.24 bits per heavy atom. The van der Waals surface area contributed by atoms with Crippen LogP contribution in [0.1, 0.15) is 40.0 Å². The second-order valence-corrected chi connectivity index (χ2v) is 4.44. The first-order chi connectivity index (χ1) is 8.22. The Labute approximate surface area is 105 Å². The maximum Gasteiger partial charge on any atom is 0.0573 e. The Balaban J connectivity index is 2.75. The number of hydrogen-bond donors (Lipinski definition) is 1. The van der Waals surface area contributed by atoms with E-state index in [1.165, 1.54) is 18.5 Å². The van der Waals surface area contributed by atoms with Crippen LogP contribution in [0.5, 0.6) is 0 Å². The van der Waals surface area contributed by atoms with Crippen LogP contribution in [0.3, 0.4) is 0 Å². The Hall–Kier alpha value is -1.25. The van der Waals surface area contributed by atoms with Crippen LogP contribution in [-0.4, -0.2) is 24.6 Å². The van der Waals surface area contributed by atoms with Crippen LogP contribution in [0, 0.1) is 0 Å². The van der Waals surface area contributed by atoms with Gasteiger partial charge in [-0.1, -0.05) is 20.8 Å². The smallest absolute Gasteiger partial charge is 0.0573 e. The molecule has 0 unspecified atom stereocenters. The predicted molar refractivity (Wildman–Crippen MR) is 75.8 cm³/mol. The molecule has 1 rings (SSSR count). The molecule has 0 saturated carbocycles. The normalized spacial score (nSPS) is 10.6. The van der Waals surface area contributed by atoms with Crippen molar-refractivity contribution in [3.63, 3.8) is 0 Å². The molecule has 0 radical (unpaired) electrons. The van der Waals surface area contributed by atoms with E-state index >= 15 is 0 Å². The molecule has 0 aliphatic heterocycles. The van der Waals surface area contributed by atoms with Crippen LogP contribution in [0.15, 0.2) is 18.5 Å². The molecule has 96 valence electrons. The highest BCUT2D eigenvalue weighted by atomic mass is 15.1. The van der Waals surface area contributed by atoms with Crippen LogP contribution >= 0.6 is 0 Å². The summed E-state index contributed by atoms with van der Waals surface area (Å²) in [5.74, 6) is 0. The standard InChI is InChI=1S/C14H25N3/c1-5-8-16-12-9-14(11-15-10-12)17(4)13(6-2)7-3/h9-11,13,16H,5-8H2,1-4H3. The van der Waals surface area contributed by atoms with E-state index in [4.69, 9.17) is 0 Å². The van der Waals surface area contributed by atoms with Gasteiger partial charge in [-0.3, -0.25) is 4.98 Å². The number of aromatic nitrogens is 1. The second kappa shape index (κ2) is 7.15. The predicted octanol–water partition coefficient (Wildman–Crippen LogP) is 3.53. The number of nitrogens with one attached hydrogen (secondary N) is 1. The summed E-state index contributed by atoms with van der Waals surface area (Å²) in [5, 5.41) is 3.38. The molecule has 1 heterocycles. The average Bonchev–Trinajstić information content (AvgIpc) is 2.38. The van der Waals surface area contributed by atoms with E-state index in [9.17, 15) is 0 Å². The molecular formula is C14H25N3. The van der Waals surface area contributed by atoms with Crippen molar-refractivity contribution < 1.29 is 0 Å². The Morgan fingerprint density at radius 3 is 2.53 bits per heavy atom. The lowest BCUT2D eigenvalue weighted by Gasteiger charge is -2.28. The first-order valence-corrected chi connectivity index (χ1v) is 6.64. The molecule has 0 aliphatic rings. The Kier molecular flexibility index (Phi) is 5.81. The van der Waals surface area contributed by atoms with Crippen molar-refractivity contribution >= 4 is 11.4 Å². The number of pyridine rings is 1. The van der Waals surface area contributed by atoms with Crippen LogP contribution in [0.2, 0.25) is 0 Å². The third-order valence-electron chi connectivity index (χ3n) is 3.20. The van der Waals surface area contributed by atoms with Gasteiger partial charge in [-0.2, -0.15) is 0 Å². The molecular weight excluding hydrogens is 210 g/mol. The number of nitrogens with zero attached hydrogens (tertiary/aromatic N) is 2. The van der Waals surface area contributed by atoms with Crippen LogP contribution in [-0.2, 0) is 0 Å². The minimum Gasteiger partial charge on any atom is -0.384 e. The zero-order valence-electron chi connectivity index (χ0n) is 11.5. The highest BCUT2D eigenvalue weighted by molar-refractivity contribution is 5.55. The van der Waals surface area contributed by atoms with Crippen molar-refractivity contribution in [1.29, 1.82) is 0 Å². The maximum atomic E-state index is 4.31. The average molecular weight is 235 g/mol. The summed E-state index contributed by atoms with van der Waals surface area (Å²) in [7, 11) is 2.15. The summed E-state index contributed by atoms with van der Waals surface area (Å²) in [6.45, 7) is 7.63. The van der Waals surface area contributed by atoms with Crippen molar-refractivity contribution in [3.8, 4) is 0 Å². The number of anilines is 2. The molecule has 1 aromatic heterocycles. The SMILES string of the molecule is CCCNc1cncc(N(C)C(CC)CC)c1. The first kappa shape index (κ1) is 13.8. The summed E-state index contributed by atoms with van der Waals surface area (Å²) in [6.07, 6.45) is 7.29. The van der Waals surface area contributed by atoms with Crippen LogP contribution in [0.25, 0.3) is 0 Å². The lowest BCUT2D eigenvalue weighted by atomic mass is 10.1. The quantitative estimate of drug-likeness (QED) is 0.783. The summed E-state index contributed by atoms with van der Waals surface area (Å²) < 4.78 is 0. The van der Waals surface area contributed by atoms with E-state index in [1.807, 2.05) is 12.4 Å². The van der Waals surface area contributed by atoms with E-state index in [0.717, 1.165) is 18.7 Å². The Morgan fingerprint density at radius 2 is 1.94 bits per heavy atom. The molecule has 0 amide bonds. The zero-order valence-corrected chi connectivity index (χ0v) is 11.5. The maximum absolute atomic E-state index is 4.31. The number of hydrogen-bond acceptors (Lipinski definition) is 3. The summed E-state index contributed by atoms with van der Waals surface area (Å²) >= 11 is 0. The van der Waals surface area contributed by atoms with Gasteiger partial charge in [0.1, 0.15) is 0 Å². The van der Waals surface area contributed by atoms with Crippen molar-refractivity contribution in [2.45, 2.75) is 46.1 Å². The van der Waals surface area contributed by atoms with Gasteiger partial charge in [0.2, 0.25) is 0 Å². The fraction of sp³-hybridized carbons (Fsp3) is 0.643. The monoisotopic (exact) mass is 235 g/mol. The minimum atomic E-state index is 0.596. The highest BCUT2D eigenvalue weighted by Crippen LogP contribution is 2.20. The van der Waals surface area contributed by atoms with Crippen LogP contribution in [0.4, 0.5) is 11.4 Å². The van der Waals surface area contributed by atoms with Crippen molar-refractivity contribution in [2.75, 3.05) is 23.8 Å². The van der Waals surface area contributed by atoms with Gasteiger partial charge in [-0.25, -0.2) is 0 Å². The molecule has 3 nitrogen and oxygen atoms in total. The van der Waals surface area contributed by atoms with E-state index in [0.29, 0.717) is 6.04 Å². The van der Waals surface area contributed by atoms with Gasteiger partial charge in [0, 0.05) is 19.6 Å². The minimum absolute atomic E-state index is 0.596. The molecule has 1 aromatic rings. The lowest BCUT2D eigenvalue weighted by molar-refractivity contribution is 0.591. The van der Waals surface area contributed by atoms with Gasteiger partial charge in [0.15, 0.2) is 0 Å². The topological polar surface area (TPSA) is 28.2 Å². The summed E-state index contributed by atoms with van der Waals surface area (Å²) in [5.41, 5.74) is 2.31. The summed E-state index contributed by atoms with van der Waals surface area (Å²) in [4.78, 5) is 6.63. The van der Waals surface area contributed by atoms with Crippen LogP contribution < -0.4 is 10.2 Å². The fourth-order valence-corrected chi connectivity index (χ4v) is 2.03. The molecule has 0 atom stereocenters. The molecule has 0 fully saturated rings. The largest absolute Gasteiger partial charge is 0.384 e. The lowest BCUT2D eigenvalue weighted by Crippen LogP contribution is -2.30. The van der Waals surface area contributed by atoms with E-state index < -0.39 is 0 Å². The third kappa shape index (κ3) is 3.91. The van der Waals surface area contributed by atoms with Crippen molar-refractivity contribution in [1.82, 2.24) is 4.98 Å². The number of rotatable bonds is 7. The van der Waals surface area contributed by atoms with Gasteiger partial charge >= 0.3 is 0 Å². The molecule has 0 bridgehead atoms. The van der Waals surface area contributed by atoms with Gasteiger partial charge in [-0.15, -0.1) is 0 Å². The molecule has 1 N–H and O–H groups in total. The molecule has 0 aliphatic carbocycles. The Bertz CT molecular complexity index is 321. The first-order valence-electron chi connectivity index (χ1n) is 6.64. The summed E-state index contributed by atoms with van der Waals surface area (Å²) in [6, 6.07) is 2.78. The van der Waals surface area contributed by atoms with Gasteiger partial charge in [-0.05, 0) is 25.3 Å². The fourth-order valence-electron chi connectivity index (χ4n) is 2.03. The van der Waals surface area contributed by atoms with E-state index in [2.05, 4.69) is 49.1 Å². The van der Waals surface area contributed by atoms with E-state index in [-0.39, 0.29) is 0 Å². The molecule has 3 heteroatoms. The van der Waals surface area contributed by atoms with Gasteiger partial charge in [0.25, 0.3) is 0 Å². The van der Waals surface area contributed by atoms with Gasteiger partial charge < -0.3 is 10.2 Å². The zero-order chi connectivity index (χ0) is 12.7. The third-order valence-corrected chi connectivity index (χ3v) is 3.20. The van der Waals surface area contributed by atoms with Crippen molar-refractivity contribution in [2.24, 2.45) is 0 Å². The van der Waals surface area contributed by atoms with Gasteiger partial charge in [0.05, 0.1) is 23.8 Å². The molecule has 0 aromatic carbocycles. The molecule has 0 saturated heterocycles. The molecule has 17 heavy (non-hydrogen) atoms. The highest BCUT2D eigenvalue weighted by Gasteiger charge is 2.11. The van der Waals surface area contributed by atoms with Crippen molar-refractivity contribution in [3.05, 3.63) is 18.5 Å².